The number of carbonyl (C=O) groups is 2. The monoisotopic (exact) mass is 308 g/mol. The number of nitrogens with one attached hydrogen (secondary N) is 2. The second kappa shape index (κ2) is 7.68. The van der Waals surface area contributed by atoms with E-state index in [1.165, 1.54) is 6.07 Å². The molecule has 0 spiro atoms. The molecule has 0 aromatic heterocycles. The highest BCUT2D eigenvalue weighted by Crippen LogP contribution is 2.17. The molecule has 0 unspecified atom stereocenters. The zero-order valence-electron chi connectivity index (χ0n) is 12.1. The Bertz CT molecular complexity index is 567. The highest BCUT2D eigenvalue weighted by molar-refractivity contribution is 5.94. The number of amides is 2. The summed E-state index contributed by atoms with van der Waals surface area (Å²) in [5.74, 6) is -2.74. The lowest BCUT2D eigenvalue weighted by molar-refractivity contribution is -0.125. The summed E-state index contributed by atoms with van der Waals surface area (Å²) in [7, 11) is 0. The largest absolute Gasteiger partial charge is 0.354 e. The zero-order valence-corrected chi connectivity index (χ0v) is 12.1. The Morgan fingerprint density at radius 1 is 1.09 bits per heavy atom. The summed E-state index contributed by atoms with van der Waals surface area (Å²) in [5, 5.41) is 5.10. The van der Waals surface area contributed by atoms with E-state index in [1.807, 2.05) is 12.2 Å². The first-order valence-corrected chi connectivity index (χ1v) is 7.24. The number of hydrogen-bond acceptors (Lipinski definition) is 2. The van der Waals surface area contributed by atoms with Crippen LogP contribution in [0.4, 0.5) is 8.78 Å². The van der Waals surface area contributed by atoms with Gasteiger partial charge >= 0.3 is 0 Å². The quantitative estimate of drug-likeness (QED) is 0.647. The van der Waals surface area contributed by atoms with Gasteiger partial charge in [0.2, 0.25) is 5.91 Å². The molecule has 4 nitrogen and oxygen atoms in total. The zero-order chi connectivity index (χ0) is 15.9. The van der Waals surface area contributed by atoms with Gasteiger partial charge in [-0.15, -0.1) is 0 Å². The van der Waals surface area contributed by atoms with Crippen molar-refractivity contribution in [3.05, 3.63) is 47.5 Å². The molecular weight excluding hydrogens is 290 g/mol. The summed E-state index contributed by atoms with van der Waals surface area (Å²) in [6.07, 6.45) is 6.46. The Morgan fingerprint density at radius 3 is 2.41 bits per heavy atom. The molecule has 0 saturated carbocycles. The molecule has 0 aliphatic heterocycles. The van der Waals surface area contributed by atoms with Crippen LogP contribution < -0.4 is 10.6 Å². The van der Waals surface area contributed by atoms with Crippen LogP contribution in [0.3, 0.4) is 0 Å². The van der Waals surface area contributed by atoms with Gasteiger partial charge in [-0.2, -0.15) is 0 Å². The molecule has 0 radical (unpaired) electrons. The smallest absolute Gasteiger partial charge is 0.257 e. The summed E-state index contributed by atoms with van der Waals surface area (Å²) >= 11 is 0. The molecule has 0 fully saturated rings. The molecule has 2 rings (SSSR count). The van der Waals surface area contributed by atoms with Crippen LogP contribution in [-0.4, -0.2) is 24.9 Å². The van der Waals surface area contributed by atoms with Crippen LogP contribution in [0.1, 0.15) is 29.6 Å². The van der Waals surface area contributed by atoms with Crippen molar-refractivity contribution < 1.29 is 18.4 Å². The van der Waals surface area contributed by atoms with Crippen molar-refractivity contribution in [2.45, 2.75) is 19.3 Å². The molecule has 2 N–H and O–H groups in total. The molecule has 1 aromatic rings. The number of benzene rings is 1. The van der Waals surface area contributed by atoms with E-state index in [4.69, 9.17) is 0 Å². The number of hydrogen-bond donors (Lipinski definition) is 2. The molecule has 22 heavy (non-hydrogen) atoms. The molecule has 0 saturated heterocycles. The average Bonchev–Trinajstić information content (AvgIpc) is 2.52. The fourth-order valence-electron chi connectivity index (χ4n) is 2.34. The van der Waals surface area contributed by atoms with Crippen LogP contribution in [0.25, 0.3) is 0 Å². The number of rotatable bonds is 5. The first kappa shape index (κ1) is 16.1. The molecule has 2 amide bonds. The second-order valence-electron chi connectivity index (χ2n) is 5.12. The third-order valence-electron chi connectivity index (χ3n) is 3.54. The topological polar surface area (TPSA) is 58.2 Å². The normalized spacial score (nSPS) is 17.1. The lowest BCUT2D eigenvalue weighted by Crippen LogP contribution is -2.38. The molecule has 0 heterocycles. The van der Waals surface area contributed by atoms with Crippen molar-refractivity contribution in [2.75, 3.05) is 13.1 Å². The molecule has 1 aliphatic carbocycles. The van der Waals surface area contributed by atoms with Crippen molar-refractivity contribution in [3.63, 3.8) is 0 Å². The summed E-state index contributed by atoms with van der Waals surface area (Å²) in [6, 6.07) is 3.24. The average molecular weight is 308 g/mol. The minimum Gasteiger partial charge on any atom is -0.354 e. The Kier molecular flexibility index (Phi) is 5.63. The SMILES string of the molecule is O=C(NCCNC(=O)[C@@H]1CC=CCC1)c1c(F)cccc1F. The molecule has 118 valence electrons. The summed E-state index contributed by atoms with van der Waals surface area (Å²) in [4.78, 5) is 23.6. The predicted molar refractivity (Wildman–Crippen MR) is 78.2 cm³/mol. The van der Waals surface area contributed by atoms with Crippen LogP contribution in [0, 0.1) is 17.6 Å². The summed E-state index contributed by atoms with van der Waals surface area (Å²) in [6.45, 7) is 0.335. The summed E-state index contributed by atoms with van der Waals surface area (Å²) < 4.78 is 26.8. The first-order chi connectivity index (χ1) is 10.6. The lowest BCUT2D eigenvalue weighted by atomic mass is 9.94. The van der Waals surface area contributed by atoms with Gasteiger partial charge in [0.05, 0.1) is 0 Å². The van der Waals surface area contributed by atoms with Crippen LogP contribution in [0.2, 0.25) is 0 Å². The number of halogens is 2. The third kappa shape index (κ3) is 4.13. The lowest BCUT2D eigenvalue weighted by Gasteiger charge is -2.17. The van der Waals surface area contributed by atoms with Gasteiger partial charge in [0.25, 0.3) is 5.91 Å². The van der Waals surface area contributed by atoms with Crippen LogP contribution in [-0.2, 0) is 4.79 Å². The van der Waals surface area contributed by atoms with Gasteiger partial charge in [0.15, 0.2) is 0 Å². The van der Waals surface area contributed by atoms with E-state index in [9.17, 15) is 18.4 Å². The van der Waals surface area contributed by atoms with E-state index in [0.29, 0.717) is 0 Å². The summed E-state index contributed by atoms with van der Waals surface area (Å²) in [5.41, 5.74) is -0.605. The van der Waals surface area contributed by atoms with Crippen molar-refractivity contribution in [1.82, 2.24) is 10.6 Å². The predicted octanol–water partition coefficient (Wildman–Crippen LogP) is 2.17. The van der Waals surface area contributed by atoms with Crippen molar-refractivity contribution in [3.8, 4) is 0 Å². The molecular formula is C16H18F2N2O2. The number of carbonyl (C=O) groups excluding carboxylic acids is 2. The van der Waals surface area contributed by atoms with Gasteiger partial charge in [-0.25, -0.2) is 8.78 Å². The van der Waals surface area contributed by atoms with Crippen LogP contribution in [0.5, 0.6) is 0 Å². The van der Waals surface area contributed by atoms with E-state index in [0.717, 1.165) is 31.4 Å². The fraction of sp³-hybridized carbons (Fsp3) is 0.375. The highest BCUT2D eigenvalue weighted by atomic mass is 19.1. The minimum atomic E-state index is -0.907. The Labute approximate surface area is 127 Å². The van der Waals surface area contributed by atoms with Crippen molar-refractivity contribution >= 4 is 11.8 Å². The Balaban J connectivity index is 1.75. The first-order valence-electron chi connectivity index (χ1n) is 7.24. The van der Waals surface area contributed by atoms with E-state index < -0.39 is 23.1 Å². The second-order valence-corrected chi connectivity index (χ2v) is 5.12. The maximum absolute atomic E-state index is 13.4. The molecule has 0 bridgehead atoms. The number of allylic oxidation sites excluding steroid dienone is 2. The van der Waals surface area contributed by atoms with Gasteiger partial charge in [-0.1, -0.05) is 18.2 Å². The minimum absolute atomic E-state index is 0.0373. The Hall–Kier alpha value is -2.24. The third-order valence-corrected chi connectivity index (χ3v) is 3.54. The molecule has 1 aliphatic rings. The standard InChI is InChI=1S/C16H18F2N2O2/c17-12-7-4-8-13(18)14(12)16(22)20-10-9-19-15(21)11-5-2-1-3-6-11/h1-2,4,7-8,11H,3,5-6,9-10H2,(H,19,21)(H,20,22)/t11-/m1/s1. The van der Waals surface area contributed by atoms with Crippen LogP contribution in [0.15, 0.2) is 30.4 Å². The maximum atomic E-state index is 13.4. The van der Waals surface area contributed by atoms with E-state index in [1.54, 1.807) is 0 Å². The fourth-order valence-corrected chi connectivity index (χ4v) is 2.34. The van der Waals surface area contributed by atoms with Gasteiger partial charge < -0.3 is 10.6 Å². The van der Waals surface area contributed by atoms with E-state index in [-0.39, 0.29) is 24.9 Å². The molecule has 1 atom stereocenters. The molecule has 6 heteroatoms. The van der Waals surface area contributed by atoms with Crippen molar-refractivity contribution in [1.29, 1.82) is 0 Å². The van der Waals surface area contributed by atoms with Gasteiger partial charge in [0.1, 0.15) is 17.2 Å². The van der Waals surface area contributed by atoms with E-state index >= 15 is 0 Å². The van der Waals surface area contributed by atoms with Gasteiger partial charge in [0, 0.05) is 19.0 Å². The Morgan fingerprint density at radius 2 is 1.77 bits per heavy atom. The van der Waals surface area contributed by atoms with Crippen molar-refractivity contribution in [2.24, 2.45) is 5.92 Å². The molecule has 1 aromatic carbocycles. The van der Waals surface area contributed by atoms with E-state index in [2.05, 4.69) is 10.6 Å². The van der Waals surface area contributed by atoms with Gasteiger partial charge in [-0.05, 0) is 31.4 Å². The van der Waals surface area contributed by atoms with Gasteiger partial charge in [-0.3, -0.25) is 9.59 Å². The maximum Gasteiger partial charge on any atom is 0.257 e. The highest BCUT2D eigenvalue weighted by Gasteiger charge is 2.19. The van der Waals surface area contributed by atoms with Crippen LogP contribution >= 0.6 is 0 Å².